The minimum Gasteiger partial charge on any atom is -0.481 e. The van der Waals surface area contributed by atoms with Crippen molar-refractivity contribution in [1.29, 1.82) is 0 Å². The number of aliphatic carboxylic acids is 1. The number of carboxylic acid groups (broad SMARTS) is 1. The maximum Gasteiger partial charge on any atom is 0.306 e. The first-order valence-electron chi connectivity index (χ1n) is 10.2. The highest BCUT2D eigenvalue weighted by Gasteiger charge is 2.43. The molecule has 0 bridgehead atoms. The summed E-state index contributed by atoms with van der Waals surface area (Å²) in [6, 6.07) is 26.9. The predicted molar refractivity (Wildman–Crippen MR) is 120 cm³/mol. The molecule has 0 saturated heterocycles. The molecule has 0 spiro atoms. The molecular formula is C26H22ClNO2. The number of aromatic nitrogens is 1. The van der Waals surface area contributed by atoms with Gasteiger partial charge in [0.15, 0.2) is 0 Å². The molecule has 4 aromatic rings. The molecule has 0 amide bonds. The summed E-state index contributed by atoms with van der Waals surface area (Å²) >= 11 is 6.39. The zero-order valence-corrected chi connectivity index (χ0v) is 17.2. The highest BCUT2D eigenvalue weighted by molar-refractivity contribution is 6.31. The lowest BCUT2D eigenvalue weighted by molar-refractivity contribution is -0.138. The Hall–Kier alpha value is -3.04. The fraction of sp³-hybridized carbons (Fsp3) is 0.192. The molecule has 0 aliphatic heterocycles. The van der Waals surface area contributed by atoms with Crippen molar-refractivity contribution >= 4 is 28.5 Å². The third kappa shape index (κ3) is 3.50. The number of hydrogen-bond donors (Lipinski definition) is 1. The molecule has 1 aromatic heterocycles. The minimum absolute atomic E-state index is 0.0107. The van der Waals surface area contributed by atoms with Gasteiger partial charge in [-0.05, 0) is 47.6 Å². The van der Waals surface area contributed by atoms with Crippen molar-refractivity contribution in [3.63, 3.8) is 0 Å². The molecule has 30 heavy (non-hydrogen) atoms. The first-order chi connectivity index (χ1) is 14.6. The van der Waals surface area contributed by atoms with Gasteiger partial charge in [-0.15, -0.1) is 0 Å². The van der Waals surface area contributed by atoms with Gasteiger partial charge in [-0.25, -0.2) is 0 Å². The molecule has 2 atom stereocenters. The number of halogens is 1. The van der Waals surface area contributed by atoms with Crippen molar-refractivity contribution in [1.82, 2.24) is 4.57 Å². The number of fused-ring (bicyclic) bond motifs is 1. The fourth-order valence-electron chi connectivity index (χ4n) is 4.52. The van der Waals surface area contributed by atoms with E-state index in [9.17, 15) is 9.90 Å². The lowest BCUT2D eigenvalue weighted by atomic mass is 9.98. The van der Waals surface area contributed by atoms with Crippen LogP contribution >= 0.6 is 11.6 Å². The molecule has 3 aromatic carbocycles. The van der Waals surface area contributed by atoms with Gasteiger partial charge in [0, 0.05) is 16.6 Å². The minimum atomic E-state index is -0.682. The number of benzene rings is 3. The Bertz CT molecular complexity index is 1160. The van der Waals surface area contributed by atoms with Crippen LogP contribution in [0.2, 0.25) is 5.02 Å². The quantitative estimate of drug-likeness (QED) is 0.407. The van der Waals surface area contributed by atoms with Crippen molar-refractivity contribution in [3.05, 3.63) is 107 Å². The molecule has 150 valence electrons. The van der Waals surface area contributed by atoms with E-state index in [1.54, 1.807) is 0 Å². The molecule has 5 rings (SSSR count). The summed E-state index contributed by atoms with van der Waals surface area (Å²) in [6.45, 7) is 0. The predicted octanol–water partition coefficient (Wildman–Crippen LogP) is 6.20. The van der Waals surface area contributed by atoms with E-state index >= 15 is 0 Å². The monoisotopic (exact) mass is 415 g/mol. The van der Waals surface area contributed by atoms with Gasteiger partial charge in [0.25, 0.3) is 0 Å². The van der Waals surface area contributed by atoms with Crippen molar-refractivity contribution < 1.29 is 9.90 Å². The van der Waals surface area contributed by atoms with Gasteiger partial charge >= 0.3 is 5.97 Å². The average molecular weight is 416 g/mol. The van der Waals surface area contributed by atoms with Crippen LogP contribution in [0.1, 0.15) is 29.2 Å². The van der Waals surface area contributed by atoms with Crippen LogP contribution in [-0.2, 0) is 11.2 Å². The van der Waals surface area contributed by atoms with Crippen LogP contribution in [0.25, 0.3) is 10.9 Å². The molecule has 1 N–H and O–H groups in total. The molecule has 1 heterocycles. The van der Waals surface area contributed by atoms with E-state index in [2.05, 4.69) is 65.4 Å². The van der Waals surface area contributed by atoms with Crippen LogP contribution in [-0.4, -0.2) is 15.6 Å². The van der Waals surface area contributed by atoms with E-state index in [0.29, 0.717) is 5.02 Å². The Morgan fingerprint density at radius 2 is 1.63 bits per heavy atom. The first kappa shape index (κ1) is 19.0. The normalized spacial score (nSPS) is 18.1. The molecule has 4 heteroatoms. The molecule has 1 aliphatic carbocycles. The van der Waals surface area contributed by atoms with Gasteiger partial charge in [-0.2, -0.15) is 0 Å². The maximum absolute atomic E-state index is 11.3. The lowest BCUT2D eigenvalue weighted by Crippen LogP contribution is -2.11. The summed E-state index contributed by atoms with van der Waals surface area (Å²) in [4.78, 5) is 11.3. The van der Waals surface area contributed by atoms with Crippen LogP contribution in [0, 0.1) is 11.8 Å². The maximum atomic E-state index is 11.3. The highest BCUT2D eigenvalue weighted by Crippen LogP contribution is 2.43. The second-order valence-corrected chi connectivity index (χ2v) is 8.53. The number of carboxylic acids is 1. The molecule has 1 saturated carbocycles. The van der Waals surface area contributed by atoms with Gasteiger partial charge in [-0.3, -0.25) is 4.79 Å². The smallest absolute Gasteiger partial charge is 0.306 e. The average Bonchev–Trinajstić information content (AvgIpc) is 3.46. The van der Waals surface area contributed by atoms with E-state index in [4.69, 9.17) is 11.6 Å². The highest BCUT2D eigenvalue weighted by atomic mass is 35.5. The third-order valence-corrected chi connectivity index (χ3v) is 6.34. The van der Waals surface area contributed by atoms with Crippen molar-refractivity contribution in [2.75, 3.05) is 0 Å². The van der Waals surface area contributed by atoms with E-state index in [0.717, 1.165) is 23.7 Å². The number of hydrogen-bond acceptors (Lipinski definition) is 1. The summed E-state index contributed by atoms with van der Waals surface area (Å²) in [5, 5.41) is 11.2. The van der Waals surface area contributed by atoms with Crippen LogP contribution < -0.4 is 0 Å². The second-order valence-electron chi connectivity index (χ2n) is 8.09. The molecule has 2 unspecified atom stereocenters. The summed E-state index contributed by atoms with van der Waals surface area (Å²) in [5.41, 5.74) is 4.65. The zero-order valence-electron chi connectivity index (χ0n) is 16.4. The summed E-state index contributed by atoms with van der Waals surface area (Å²) in [5.74, 6) is -0.683. The Morgan fingerprint density at radius 3 is 2.20 bits per heavy atom. The van der Waals surface area contributed by atoms with Crippen LogP contribution in [0.15, 0.2) is 85.1 Å². The fourth-order valence-corrected chi connectivity index (χ4v) is 4.68. The third-order valence-electron chi connectivity index (χ3n) is 6.11. The largest absolute Gasteiger partial charge is 0.481 e. The molecule has 1 fully saturated rings. The topological polar surface area (TPSA) is 42.2 Å². The van der Waals surface area contributed by atoms with Crippen molar-refractivity contribution in [3.8, 4) is 0 Å². The van der Waals surface area contributed by atoms with Gasteiger partial charge in [0.05, 0.1) is 17.5 Å². The van der Waals surface area contributed by atoms with E-state index in [1.165, 1.54) is 16.7 Å². The Kier molecular flexibility index (Phi) is 4.84. The molecule has 1 aliphatic rings. The van der Waals surface area contributed by atoms with E-state index in [-0.39, 0.29) is 17.9 Å². The number of nitrogens with zero attached hydrogens (tertiary/aromatic N) is 1. The van der Waals surface area contributed by atoms with Crippen molar-refractivity contribution in [2.45, 2.75) is 18.9 Å². The Morgan fingerprint density at radius 1 is 1.00 bits per heavy atom. The van der Waals surface area contributed by atoms with E-state index in [1.807, 2.05) is 24.3 Å². The molecule has 0 radical (unpaired) electrons. The number of rotatable bonds is 6. The second kappa shape index (κ2) is 7.66. The van der Waals surface area contributed by atoms with E-state index < -0.39 is 5.97 Å². The Labute approximate surface area is 180 Å². The Balaban J connectivity index is 1.66. The molecular weight excluding hydrogens is 394 g/mol. The summed E-state index contributed by atoms with van der Waals surface area (Å²) < 4.78 is 2.29. The number of carbonyl (C=O) groups is 1. The van der Waals surface area contributed by atoms with Crippen molar-refractivity contribution in [2.24, 2.45) is 11.8 Å². The van der Waals surface area contributed by atoms with Crippen LogP contribution in [0.4, 0.5) is 0 Å². The zero-order chi connectivity index (χ0) is 20.7. The van der Waals surface area contributed by atoms with Gasteiger partial charge < -0.3 is 9.67 Å². The lowest BCUT2D eigenvalue weighted by Gasteiger charge is -2.21. The summed E-state index contributed by atoms with van der Waals surface area (Å²) in [7, 11) is 0. The van der Waals surface area contributed by atoms with Crippen LogP contribution in [0.3, 0.4) is 0 Å². The van der Waals surface area contributed by atoms with Gasteiger partial charge in [-0.1, -0.05) is 78.3 Å². The SMILES string of the molecule is O=C(O)C1CC1Cc1cn(C(c2ccccc2)c2ccccc2)c2cc(Cl)ccc12. The molecule has 3 nitrogen and oxygen atoms in total. The summed E-state index contributed by atoms with van der Waals surface area (Å²) in [6.07, 6.45) is 3.73. The first-order valence-corrected chi connectivity index (χ1v) is 10.6. The standard InChI is InChI=1S/C26H22ClNO2/c27-21-11-12-22-20(13-19-14-23(19)26(29)30)16-28(24(22)15-21)25(17-7-3-1-4-8-17)18-9-5-2-6-10-18/h1-12,15-16,19,23,25H,13-14H2,(H,29,30). The van der Waals surface area contributed by atoms with Gasteiger partial charge in [0.1, 0.15) is 0 Å². The van der Waals surface area contributed by atoms with Gasteiger partial charge in [0.2, 0.25) is 0 Å². The van der Waals surface area contributed by atoms with Crippen LogP contribution in [0.5, 0.6) is 0 Å².